The molecule has 0 radical (unpaired) electrons. The maximum Gasteiger partial charge on any atom is -0.00924 e. The minimum absolute atomic E-state index is 1.08. The van der Waals surface area contributed by atoms with Crippen molar-refractivity contribution >= 4 is 63.8 Å². The summed E-state index contributed by atoms with van der Waals surface area (Å²) >= 11 is 0. The second kappa shape index (κ2) is 10.5. The Morgan fingerprint density at radius 3 is 0.881 bits per heavy atom. The van der Waals surface area contributed by atoms with Crippen molar-refractivity contribution < 1.29 is 0 Å². The van der Waals surface area contributed by atoms with Gasteiger partial charge in [-0.05, 0) is 85.6 Å². The first-order valence-corrected chi connectivity index (χ1v) is 18.1. The molecule has 1 aliphatic rings. The molecule has 0 amide bonds. The smallest absolute Gasteiger partial charge is 0.00924 e. The molecule has 1 aliphatic carbocycles. The lowest BCUT2D eigenvalue weighted by Gasteiger charge is -2.28. The van der Waals surface area contributed by atoms with Crippen molar-refractivity contribution in [1.29, 1.82) is 0 Å². The number of hydrogen-bond donors (Lipinski definition) is 0. The molecular weight excluding hydrogens is 542 g/mol. The van der Waals surface area contributed by atoms with Gasteiger partial charge in [0.1, 0.15) is 0 Å². The van der Waals surface area contributed by atoms with Crippen LogP contribution in [0.3, 0.4) is 0 Å². The van der Waals surface area contributed by atoms with E-state index in [2.05, 4.69) is 164 Å². The Bertz CT molecular complexity index is 1790. The average Bonchev–Trinajstić information content (AvgIpc) is 3.36. The highest BCUT2D eigenvalue weighted by atomic mass is 31.2. The van der Waals surface area contributed by atoms with E-state index in [9.17, 15) is 0 Å². The summed E-state index contributed by atoms with van der Waals surface area (Å²) in [5, 5.41) is 7.64. The van der Waals surface area contributed by atoms with Crippen molar-refractivity contribution in [3.05, 3.63) is 175 Å². The van der Waals surface area contributed by atoms with E-state index in [0.717, 1.165) is 5.57 Å². The fourth-order valence-corrected chi connectivity index (χ4v) is 12.2. The molecule has 42 heavy (non-hydrogen) atoms. The minimum Gasteiger partial charge on any atom is -0.0905 e. The number of rotatable bonds is 6. The first-order chi connectivity index (χ1) is 20.5. The molecule has 0 saturated heterocycles. The van der Waals surface area contributed by atoms with Crippen LogP contribution in [0.2, 0.25) is 0 Å². The van der Waals surface area contributed by atoms with Crippen molar-refractivity contribution in [1.82, 2.24) is 0 Å². The molecule has 7 rings (SSSR count). The zero-order valence-corrected chi connectivity index (χ0v) is 25.3. The van der Waals surface area contributed by atoms with Gasteiger partial charge in [-0.2, -0.15) is 0 Å². The fourth-order valence-electron chi connectivity index (χ4n) is 6.28. The van der Waals surface area contributed by atoms with Gasteiger partial charge in [0.15, 0.2) is 0 Å². The third kappa shape index (κ3) is 4.15. The molecule has 202 valence electrons. The van der Waals surface area contributed by atoms with Crippen LogP contribution < -0.4 is 31.8 Å². The molecule has 0 heterocycles. The summed E-state index contributed by atoms with van der Waals surface area (Å²) in [7, 11) is 0. The summed E-state index contributed by atoms with van der Waals surface area (Å²) in [6.45, 7) is 0.309. The van der Waals surface area contributed by atoms with Gasteiger partial charge in [-0.1, -0.05) is 165 Å². The van der Waals surface area contributed by atoms with E-state index in [1.807, 2.05) is 0 Å². The zero-order chi connectivity index (χ0) is 28.7. The Morgan fingerprint density at radius 1 is 0.310 bits per heavy atom. The molecule has 0 atom stereocenters. The number of benzene rings is 6. The summed E-state index contributed by atoms with van der Waals surface area (Å²) in [4.78, 5) is 0. The summed E-state index contributed by atoms with van der Waals surface area (Å²) in [6.07, 6.45) is 10.0. The minimum atomic E-state index is -2.12. The largest absolute Gasteiger partial charge is 0.0905 e. The molecule has 0 saturated carbocycles. The Morgan fingerprint density at radius 2 is 0.595 bits per heavy atom. The van der Waals surface area contributed by atoms with E-state index in [0.29, 0.717) is 0 Å². The lowest BCUT2D eigenvalue weighted by molar-refractivity contribution is 1.68. The van der Waals surface area contributed by atoms with Gasteiger partial charge in [-0.25, -0.2) is 0 Å². The summed E-state index contributed by atoms with van der Waals surface area (Å²) < 4.78 is 0. The van der Waals surface area contributed by atoms with Crippen LogP contribution in [-0.2, 0) is 0 Å². The topological polar surface area (TPSA) is 0 Å². The Labute approximate surface area is 249 Å². The first kappa shape index (κ1) is 26.6. The third-order valence-electron chi connectivity index (χ3n) is 8.62. The molecule has 0 bridgehead atoms. The molecule has 0 aromatic heterocycles. The van der Waals surface area contributed by atoms with Crippen molar-refractivity contribution in [2.24, 2.45) is 0 Å². The Balaban J connectivity index is 1.44. The van der Waals surface area contributed by atoms with Crippen LogP contribution >= 0.6 is 13.8 Å². The van der Waals surface area contributed by atoms with Crippen LogP contribution in [0.4, 0.5) is 0 Å². The average molecular weight is 575 g/mol. The van der Waals surface area contributed by atoms with Gasteiger partial charge in [0.05, 0.1) is 0 Å². The van der Waals surface area contributed by atoms with Gasteiger partial charge in [0.25, 0.3) is 0 Å². The van der Waals surface area contributed by atoms with Gasteiger partial charge in [0.2, 0.25) is 0 Å². The highest BCUT2D eigenvalue weighted by Gasteiger charge is 2.29. The molecule has 0 spiro atoms. The van der Waals surface area contributed by atoms with Gasteiger partial charge in [0, 0.05) is 0 Å². The highest BCUT2D eigenvalue weighted by Crippen LogP contribution is 2.49. The van der Waals surface area contributed by atoms with E-state index < -0.39 is 13.8 Å². The second-order valence-electron chi connectivity index (χ2n) is 10.9. The summed E-state index contributed by atoms with van der Waals surface area (Å²) in [6, 6.07) is 57.0. The van der Waals surface area contributed by atoms with Crippen LogP contribution in [0, 0.1) is 0 Å². The lowest BCUT2D eigenvalue weighted by atomic mass is 10.1. The molecule has 6 aromatic rings. The number of fused-ring (bicyclic) bond motifs is 3. The zero-order valence-electron chi connectivity index (χ0n) is 23.5. The lowest BCUT2D eigenvalue weighted by Crippen LogP contribution is -2.26. The number of hydrogen-bond acceptors (Lipinski definition) is 0. The van der Waals surface area contributed by atoms with E-state index in [4.69, 9.17) is 12.6 Å². The second-order valence-corrected chi connectivity index (χ2v) is 17.2. The monoisotopic (exact) mass is 574 g/mol. The Hall–Kier alpha value is -4.34. The van der Waals surface area contributed by atoms with Crippen molar-refractivity contribution in [3.63, 3.8) is 0 Å². The molecule has 0 N–H and O–H groups in total. The Kier molecular flexibility index (Phi) is 6.63. The van der Waals surface area contributed by atoms with E-state index in [-0.39, 0.29) is 0 Å². The molecule has 0 nitrogen and oxygen atoms in total. The molecule has 6 aromatic carbocycles. The van der Waals surface area contributed by atoms with Crippen molar-refractivity contribution in [3.8, 4) is 11.1 Å². The molecule has 0 fully saturated rings. The van der Waals surface area contributed by atoms with Gasteiger partial charge in [-0.3, -0.25) is 0 Å². The normalized spacial score (nSPS) is 12.5. The fraction of sp³-hybridized carbons (Fsp3) is 0. The predicted molar refractivity (Wildman–Crippen MR) is 192 cm³/mol. The highest BCUT2D eigenvalue weighted by molar-refractivity contribution is 7.93. The van der Waals surface area contributed by atoms with Gasteiger partial charge >= 0.3 is 0 Å². The first-order valence-electron chi connectivity index (χ1n) is 14.2. The van der Waals surface area contributed by atoms with Crippen molar-refractivity contribution in [2.75, 3.05) is 0 Å². The maximum absolute atomic E-state index is 5.00. The maximum atomic E-state index is 5.00. The van der Waals surface area contributed by atoms with Crippen LogP contribution in [0.5, 0.6) is 0 Å². The van der Waals surface area contributed by atoms with Crippen LogP contribution in [0.15, 0.2) is 164 Å². The third-order valence-corrected chi connectivity index (χ3v) is 15.7. The van der Waals surface area contributed by atoms with Crippen LogP contribution in [-0.4, -0.2) is 12.6 Å². The van der Waals surface area contributed by atoms with Crippen molar-refractivity contribution in [2.45, 2.75) is 0 Å². The molecule has 0 aliphatic heterocycles. The molecule has 0 unspecified atom stereocenters. The predicted octanol–water partition coefficient (Wildman–Crippen LogP) is 7.18. The molecule has 2 heteroatoms. The van der Waals surface area contributed by atoms with Crippen LogP contribution in [0.25, 0.3) is 16.7 Å². The summed E-state index contributed by atoms with van der Waals surface area (Å²) in [5.74, 6) is 0. The van der Waals surface area contributed by atoms with E-state index in [1.54, 1.807) is 0 Å². The van der Waals surface area contributed by atoms with E-state index >= 15 is 0 Å². The standard InChI is InChI=1S/C40H32P2/c1-30-37-26-24-35(41(2,31-16-8-4-9-17-31)32-18-10-5-11-19-32)28-39(37)40-29-36(25-27-38(30)40)42(3,33-20-12-6-13-21-33)34-22-14-7-15-23-34/h4-29H,1-3H2. The summed E-state index contributed by atoms with van der Waals surface area (Å²) in [5.41, 5.74) is 5.96. The SMILES string of the molecule is C=C1c2ccc(P(=C)(c3ccccc3)c3ccccc3)cc2-c2cc(P(=C)(c3ccccc3)c3ccccc3)ccc21. The quantitative estimate of drug-likeness (QED) is 0.185. The van der Waals surface area contributed by atoms with Gasteiger partial charge < -0.3 is 0 Å². The van der Waals surface area contributed by atoms with E-state index in [1.165, 1.54) is 54.1 Å². The molecular formula is C40H32P2. The van der Waals surface area contributed by atoms with Gasteiger partial charge in [-0.15, -0.1) is 0 Å². The van der Waals surface area contributed by atoms with Crippen LogP contribution in [0.1, 0.15) is 11.1 Å².